The van der Waals surface area contributed by atoms with Gasteiger partial charge in [0.15, 0.2) is 6.19 Å². The molecule has 0 saturated heterocycles. The van der Waals surface area contributed by atoms with Crippen molar-refractivity contribution in [3.63, 3.8) is 0 Å². The summed E-state index contributed by atoms with van der Waals surface area (Å²) < 4.78 is 14.6. The van der Waals surface area contributed by atoms with Crippen LogP contribution in [0, 0.1) is 28.6 Å². The molecular formula is C17H11FN4O. The molecule has 5 nitrogen and oxygen atoms in total. The van der Waals surface area contributed by atoms with Crippen LogP contribution in [0.15, 0.2) is 30.3 Å². The number of benzene rings is 2. The second-order valence-corrected chi connectivity index (χ2v) is 5.26. The van der Waals surface area contributed by atoms with Crippen molar-refractivity contribution in [2.75, 3.05) is 0 Å². The van der Waals surface area contributed by atoms with E-state index in [1.165, 1.54) is 6.07 Å². The van der Waals surface area contributed by atoms with E-state index in [2.05, 4.69) is 6.19 Å². The zero-order valence-corrected chi connectivity index (χ0v) is 12.0. The van der Waals surface area contributed by atoms with Crippen molar-refractivity contribution in [2.45, 2.75) is 13.1 Å². The molecule has 0 spiro atoms. The third-order valence-electron chi connectivity index (χ3n) is 3.88. The Morgan fingerprint density at radius 2 is 2.04 bits per heavy atom. The molecule has 3 rings (SSSR count). The van der Waals surface area contributed by atoms with Gasteiger partial charge in [0, 0.05) is 5.56 Å². The number of nitrogens with zero attached hydrogens (tertiary/aromatic N) is 3. The van der Waals surface area contributed by atoms with E-state index < -0.39 is 11.7 Å². The predicted octanol–water partition coefficient (Wildman–Crippen LogP) is 2.26. The quantitative estimate of drug-likeness (QED) is 0.861. The van der Waals surface area contributed by atoms with E-state index in [9.17, 15) is 9.18 Å². The van der Waals surface area contributed by atoms with Crippen LogP contribution in [-0.4, -0.2) is 10.8 Å². The average Bonchev–Trinajstić information content (AvgIpc) is 2.97. The lowest BCUT2D eigenvalue weighted by Crippen LogP contribution is -2.14. The highest BCUT2D eigenvalue weighted by molar-refractivity contribution is 6.01. The number of nitriles is 2. The normalized spacial score (nSPS) is 12.4. The molecule has 0 unspecified atom stereocenters. The van der Waals surface area contributed by atoms with Crippen molar-refractivity contribution >= 4 is 5.91 Å². The van der Waals surface area contributed by atoms with Crippen LogP contribution in [0.3, 0.4) is 0 Å². The maximum atomic E-state index is 14.6. The number of carbonyl (C=O) groups is 1. The molecule has 0 fully saturated rings. The Balaban J connectivity index is 2.27. The molecule has 6 heteroatoms. The Bertz CT molecular complexity index is 908. The summed E-state index contributed by atoms with van der Waals surface area (Å²) >= 11 is 0. The number of rotatable bonds is 2. The lowest BCUT2D eigenvalue weighted by atomic mass is 9.91. The molecular weight excluding hydrogens is 295 g/mol. The van der Waals surface area contributed by atoms with E-state index in [0.29, 0.717) is 18.7 Å². The summed E-state index contributed by atoms with van der Waals surface area (Å²) in [5.41, 5.74) is 7.66. The van der Waals surface area contributed by atoms with Gasteiger partial charge in [-0.2, -0.15) is 10.5 Å². The molecule has 1 aliphatic rings. The maximum absolute atomic E-state index is 14.6. The molecule has 112 valence electrons. The van der Waals surface area contributed by atoms with Gasteiger partial charge in [0.2, 0.25) is 5.91 Å². The SMILES string of the molecule is N#Cc1cc(F)c(-c2cccc3c2CN(C#N)C3)c(C(N)=O)c1. The summed E-state index contributed by atoms with van der Waals surface area (Å²) in [4.78, 5) is 13.3. The summed E-state index contributed by atoms with van der Waals surface area (Å²) in [6, 6.07) is 9.48. The Hall–Kier alpha value is -3.38. The van der Waals surface area contributed by atoms with E-state index in [1.807, 2.05) is 12.1 Å². The standard InChI is InChI=1S/C17H11FN4O/c18-15-5-10(6-19)4-13(17(21)23)16(15)12-3-1-2-11-7-22(9-20)8-14(11)12/h1-5H,7-8H2,(H2,21,23). The van der Waals surface area contributed by atoms with Crippen molar-refractivity contribution in [1.29, 1.82) is 10.5 Å². The van der Waals surface area contributed by atoms with Gasteiger partial charge in [-0.1, -0.05) is 18.2 Å². The van der Waals surface area contributed by atoms with Gasteiger partial charge in [0.25, 0.3) is 0 Å². The molecule has 0 bridgehead atoms. The minimum Gasteiger partial charge on any atom is -0.366 e. The first kappa shape index (κ1) is 14.6. The molecule has 1 heterocycles. The van der Waals surface area contributed by atoms with Crippen LogP contribution in [-0.2, 0) is 13.1 Å². The molecule has 0 radical (unpaired) electrons. The molecule has 2 aromatic carbocycles. The molecule has 0 aliphatic carbocycles. The summed E-state index contributed by atoms with van der Waals surface area (Å²) in [5.74, 6) is -1.48. The zero-order chi connectivity index (χ0) is 16.6. The smallest absolute Gasteiger partial charge is 0.249 e. The van der Waals surface area contributed by atoms with Gasteiger partial charge >= 0.3 is 0 Å². The Kier molecular flexibility index (Phi) is 3.44. The highest BCUT2D eigenvalue weighted by atomic mass is 19.1. The molecule has 0 saturated carbocycles. The van der Waals surface area contributed by atoms with Crippen molar-refractivity contribution in [1.82, 2.24) is 4.90 Å². The third kappa shape index (κ3) is 2.37. The third-order valence-corrected chi connectivity index (χ3v) is 3.88. The molecule has 0 aromatic heterocycles. The number of hydrogen-bond donors (Lipinski definition) is 1. The van der Waals surface area contributed by atoms with Crippen LogP contribution in [0.5, 0.6) is 0 Å². The predicted molar refractivity (Wildman–Crippen MR) is 79.9 cm³/mol. The number of nitrogens with two attached hydrogens (primary N) is 1. The molecule has 2 N–H and O–H groups in total. The van der Waals surface area contributed by atoms with Gasteiger partial charge in [0.1, 0.15) is 5.82 Å². The molecule has 23 heavy (non-hydrogen) atoms. The first-order valence-corrected chi connectivity index (χ1v) is 6.84. The fraction of sp³-hybridized carbons (Fsp3) is 0.118. The molecule has 0 atom stereocenters. The fourth-order valence-electron chi connectivity index (χ4n) is 2.87. The van der Waals surface area contributed by atoms with Crippen molar-refractivity contribution < 1.29 is 9.18 Å². The summed E-state index contributed by atoms with van der Waals surface area (Å²) in [6.07, 6.45) is 2.06. The van der Waals surface area contributed by atoms with E-state index >= 15 is 0 Å². The van der Waals surface area contributed by atoms with Gasteiger partial charge in [-0.05, 0) is 28.8 Å². The fourth-order valence-corrected chi connectivity index (χ4v) is 2.87. The van der Waals surface area contributed by atoms with Gasteiger partial charge in [0.05, 0.1) is 30.3 Å². The highest BCUT2D eigenvalue weighted by Crippen LogP contribution is 2.36. The van der Waals surface area contributed by atoms with Crippen LogP contribution in [0.2, 0.25) is 0 Å². The monoisotopic (exact) mass is 306 g/mol. The number of hydrogen-bond acceptors (Lipinski definition) is 4. The lowest BCUT2D eigenvalue weighted by Gasteiger charge is -2.13. The van der Waals surface area contributed by atoms with Crippen LogP contribution >= 0.6 is 0 Å². The van der Waals surface area contributed by atoms with Crippen LogP contribution < -0.4 is 5.73 Å². The largest absolute Gasteiger partial charge is 0.366 e. The first-order valence-electron chi connectivity index (χ1n) is 6.84. The topological polar surface area (TPSA) is 93.9 Å². The average molecular weight is 306 g/mol. The molecule has 1 amide bonds. The van der Waals surface area contributed by atoms with Gasteiger partial charge in [-0.25, -0.2) is 4.39 Å². The van der Waals surface area contributed by atoms with Crippen molar-refractivity contribution in [2.24, 2.45) is 5.73 Å². The Morgan fingerprint density at radius 3 is 2.70 bits per heavy atom. The van der Waals surface area contributed by atoms with Crippen LogP contribution in [0.25, 0.3) is 11.1 Å². The summed E-state index contributed by atoms with van der Waals surface area (Å²) in [5, 5.41) is 18.0. The Morgan fingerprint density at radius 1 is 1.26 bits per heavy atom. The van der Waals surface area contributed by atoms with E-state index in [0.717, 1.165) is 17.2 Å². The number of amides is 1. The number of halogens is 1. The minimum atomic E-state index is -0.802. The van der Waals surface area contributed by atoms with Gasteiger partial charge < -0.3 is 10.6 Å². The Labute approximate surface area is 132 Å². The summed E-state index contributed by atoms with van der Waals surface area (Å²) in [7, 11) is 0. The van der Waals surface area contributed by atoms with Crippen LogP contribution in [0.1, 0.15) is 27.0 Å². The van der Waals surface area contributed by atoms with E-state index in [1.54, 1.807) is 17.0 Å². The van der Waals surface area contributed by atoms with Gasteiger partial charge in [-0.15, -0.1) is 0 Å². The second kappa shape index (κ2) is 5.43. The number of fused-ring (bicyclic) bond motifs is 1. The maximum Gasteiger partial charge on any atom is 0.249 e. The van der Waals surface area contributed by atoms with Crippen molar-refractivity contribution in [3.8, 4) is 23.4 Å². The van der Waals surface area contributed by atoms with Crippen LogP contribution in [0.4, 0.5) is 4.39 Å². The van der Waals surface area contributed by atoms with Gasteiger partial charge in [-0.3, -0.25) is 4.79 Å². The van der Waals surface area contributed by atoms with Crippen molar-refractivity contribution in [3.05, 3.63) is 58.4 Å². The lowest BCUT2D eigenvalue weighted by molar-refractivity contribution is 0.100. The second-order valence-electron chi connectivity index (χ2n) is 5.26. The minimum absolute atomic E-state index is 0.0336. The van der Waals surface area contributed by atoms with E-state index in [-0.39, 0.29) is 16.7 Å². The summed E-state index contributed by atoms with van der Waals surface area (Å²) in [6.45, 7) is 0.795. The first-order chi connectivity index (χ1) is 11.0. The molecule has 2 aromatic rings. The number of carbonyl (C=O) groups excluding carboxylic acids is 1. The zero-order valence-electron chi connectivity index (χ0n) is 12.0. The highest BCUT2D eigenvalue weighted by Gasteiger charge is 2.25. The molecule has 1 aliphatic heterocycles. The number of primary amides is 1. The van der Waals surface area contributed by atoms with E-state index in [4.69, 9.17) is 16.3 Å².